The molecule has 0 aliphatic carbocycles. The number of para-hydroxylation sites is 2. The summed E-state index contributed by atoms with van der Waals surface area (Å²) >= 11 is 18.8. The van der Waals surface area contributed by atoms with Crippen LogP contribution in [-0.2, 0) is 0 Å². The summed E-state index contributed by atoms with van der Waals surface area (Å²) in [6.45, 7) is 3.79. The number of nitrogen functional groups attached to an aromatic ring is 1. The van der Waals surface area contributed by atoms with Gasteiger partial charge in [0.1, 0.15) is 0 Å². The third kappa shape index (κ3) is 4.97. The summed E-state index contributed by atoms with van der Waals surface area (Å²) in [4.78, 5) is 13.2. The van der Waals surface area contributed by atoms with Gasteiger partial charge in [0.15, 0.2) is 5.69 Å². The first kappa shape index (κ1) is 23.9. The quantitative estimate of drug-likeness (QED) is 0.272. The van der Waals surface area contributed by atoms with Gasteiger partial charge in [-0.2, -0.15) is 5.10 Å². The zero-order valence-electron chi connectivity index (χ0n) is 18.4. The van der Waals surface area contributed by atoms with Gasteiger partial charge in [-0.3, -0.25) is 4.79 Å². The van der Waals surface area contributed by atoms with Crippen molar-refractivity contribution in [2.45, 2.75) is 13.8 Å². The third-order valence-electron chi connectivity index (χ3n) is 5.29. The molecule has 0 radical (unpaired) electrons. The molecule has 4 aromatic rings. The molecule has 5 nitrogen and oxygen atoms in total. The molecule has 0 saturated carbocycles. The number of nitrogens with zero attached hydrogens (tertiary/aromatic N) is 2. The summed E-state index contributed by atoms with van der Waals surface area (Å²) in [6.07, 6.45) is 1.98. The number of hydrogen-bond donors (Lipinski definition) is 2. The average Bonchev–Trinajstić information content (AvgIpc) is 3.12. The summed E-state index contributed by atoms with van der Waals surface area (Å²) in [5.41, 5.74) is 11.0. The van der Waals surface area contributed by atoms with Gasteiger partial charge in [-0.25, -0.2) is 4.68 Å². The molecule has 4 rings (SSSR count). The Morgan fingerprint density at radius 1 is 1.00 bits per heavy atom. The zero-order chi connectivity index (χ0) is 24.4. The molecule has 0 saturated heterocycles. The Balaban J connectivity index is 1.85. The van der Waals surface area contributed by atoms with Crippen LogP contribution in [0, 0.1) is 6.92 Å². The van der Waals surface area contributed by atoms with Gasteiger partial charge in [0, 0.05) is 15.6 Å². The normalized spacial score (nSPS) is 11.5. The second-order valence-corrected chi connectivity index (χ2v) is 9.03. The van der Waals surface area contributed by atoms with Crippen LogP contribution in [0.25, 0.3) is 17.3 Å². The van der Waals surface area contributed by atoms with Gasteiger partial charge in [-0.1, -0.05) is 59.1 Å². The van der Waals surface area contributed by atoms with Crippen molar-refractivity contribution in [3.05, 3.63) is 104 Å². The minimum Gasteiger partial charge on any atom is -0.397 e. The molecule has 0 spiro atoms. The third-order valence-corrected chi connectivity index (χ3v) is 6.06. The maximum Gasteiger partial charge on any atom is 0.276 e. The molecule has 0 aliphatic heterocycles. The molecular formula is C26H21Cl3N4O. The summed E-state index contributed by atoms with van der Waals surface area (Å²) < 4.78 is 1.66. The van der Waals surface area contributed by atoms with Crippen molar-refractivity contribution in [2.75, 3.05) is 11.1 Å². The second kappa shape index (κ2) is 9.94. The minimum atomic E-state index is -0.379. The van der Waals surface area contributed by atoms with Gasteiger partial charge in [0.25, 0.3) is 5.91 Å². The van der Waals surface area contributed by atoms with Crippen molar-refractivity contribution < 1.29 is 4.79 Å². The molecule has 3 N–H and O–H groups in total. The Bertz CT molecular complexity index is 1430. The van der Waals surface area contributed by atoms with Crippen LogP contribution < -0.4 is 11.1 Å². The average molecular weight is 512 g/mol. The van der Waals surface area contributed by atoms with E-state index in [9.17, 15) is 4.79 Å². The fourth-order valence-electron chi connectivity index (χ4n) is 3.71. The van der Waals surface area contributed by atoms with Crippen molar-refractivity contribution in [3.8, 4) is 5.69 Å². The molecule has 0 bridgehead atoms. The van der Waals surface area contributed by atoms with Crippen LogP contribution >= 0.6 is 34.8 Å². The van der Waals surface area contributed by atoms with Crippen LogP contribution in [0.5, 0.6) is 0 Å². The van der Waals surface area contributed by atoms with Gasteiger partial charge in [-0.05, 0) is 73.5 Å². The Morgan fingerprint density at radius 2 is 1.74 bits per heavy atom. The number of anilines is 2. The van der Waals surface area contributed by atoms with Crippen LogP contribution in [0.1, 0.15) is 34.2 Å². The summed E-state index contributed by atoms with van der Waals surface area (Å²) in [7, 11) is 0. The fraction of sp³-hybridized carbons (Fsp3) is 0.0769. The van der Waals surface area contributed by atoms with E-state index in [-0.39, 0.29) is 11.6 Å². The molecule has 0 fully saturated rings. The highest BCUT2D eigenvalue weighted by Gasteiger charge is 2.23. The van der Waals surface area contributed by atoms with Crippen molar-refractivity contribution in [2.24, 2.45) is 0 Å². The SMILES string of the molecule is C/C(=C\c1cccc(Cl)c1)c1c(C)c(C(=O)Nc2ccccc2N)nn1-c1ccc(Cl)cc1Cl. The predicted molar refractivity (Wildman–Crippen MR) is 142 cm³/mol. The Kier molecular flexibility index (Phi) is 6.98. The lowest BCUT2D eigenvalue weighted by atomic mass is 10.0. The standard InChI is InChI=1S/C26H21Cl3N4O/c1-15(12-17-6-5-7-18(27)13-17)25-16(2)24(26(34)31-22-9-4-3-8-21(22)30)32-33(25)23-11-10-19(28)14-20(23)29/h3-14H,30H2,1-2H3,(H,31,34)/b15-12+. The van der Waals surface area contributed by atoms with Crippen molar-refractivity contribution in [1.29, 1.82) is 0 Å². The van der Waals surface area contributed by atoms with E-state index in [1.165, 1.54) is 0 Å². The smallest absolute Gasteiger partial charge is 0.276 e. The van der Waals surface area contributed by atoms with Crippen LogP contribution in [0.3, 0.4) is 0 Å². The second-order valence-electron chi connectivity index (χ2n) is 7.75. The van der Waals surface area contributed by atoms with Crippen molar-refractivity contribution in [3.63, 3.8) is 0 Å². The Hall–Kier alpha value is -3.25. The van der Waals surface area contributed by atoms with E-state index in [4.69, 9.17) is 40.5 Å². The highest BCUT2D eigenvalue weighted by molar-refractivity contribution is 6.35. The van der Waals surface area contributed by atoms with E-state index in [1.54, 1.807) is 47.1 Å². The summed E-state index contributed by atoms with van der Waals surface area (Å²) in [6, 6.07) is 19.7. The number of hydrogen-bond acceptors (Lipinski definition) is 3. The maximum absolute atomic E-state index is 13.2. The molecule has 0 unspecified atom stereocenters. The van der Waals surface area contributed by atoms with Gasteiger partial charge >= 0.3 is 0 Å². The number of amides is 1. The van der Waals surface area contributed by atoms with E-state index < -0.39 is 0 Å². The Labute approximate surface area is 212 Å². The van der Waals surface area contributed by atoms with Gasteiger partial charge in [0.05, 0.1) is 27.8 Å². The maximum atomic E-state index is 13.2. The number of benzene rings is 3. The first-order valence-electron chi connectivity index (χ1n) is 10.4. The van der Waals surface area contributed by atoms with Crippen LogP contribution in [0.2, 0.25) is 15.1 Å². The molecule has 1 amide bonds. The van der Waals surface area contributed by atoms with E-state index in [1.807, 2.05) is 44.2 Å². The molecule has 0 aliphatic rings. The molecule has 8 heteroatoms. The highest BCUT2D eigenvalue weighted by Crippen LogP contribution is 2.32. The van der Waals surface area contributed by atoms with Crippen molar-refractivity contribution >= 4 is 63.7 Å². The number of carbonyl (C=O) groups excluding carboxylic acids is 1. The largest absolute Gasteiger partial charge is 0.397 e. The molecule has 1 aromatic heterocycles. The molecule has 34 heavy (non-hydrogen) atoms. The number of carbonyl (C=O) groups is 1. The van der Waals surface area contributed by atoms with Gasteiger partial charge in [-0.15, -0.1) is 0 Å². The monoisotopic (exact) mass is 510 g/mol. The number of halogens is 3. The highest BCUT2D eigenvalue weighted by atomic mass is 35.5. The van der Waals surface area contributed by atoms with E-state index in [0.29, 0.717) is 37.7 Å². The summed E-state index contributed by atoms with van der Waals surface area (Å²) in [5.74, 6) is -0.379. The fourth-order valence-corrected chi connectivity index (χ4v) is 4.40. The predicted octanol–water partition coefficient (Wildman–Crippen LogP) is 7.54. The summed E-state index contributed by atoms with van der Waals surface area (Å²) in [5, 5.41) is 9.04. The van der Waals surface area contributed by atoms with Crippen LogP contribution in [-0.4, -0.2) is 15.7 Å². The lowest BCUT2D eigenvalue weighted by Gasteiger charge is -2.11. The minimum absolute atomic E-state index is 0.253. The van der Waals surface area contributed by atoms with Crippen LogP contribution in [0.15, 0.2) is 66.7 Å². The Morgan fingerprint density at radius 3 is 2.44 bits per heavy atom. The zero-order valence-corrected chi connectivity index (χ0v) is 20.7. The molecular weight excluding hydrogens is 491 g/mol. The van der Waals surface area contributed by atoms with Gasteiger partial charge < -0.3 is 11.1 Å². The molecule has 172 valence electrons. The van der Waals surface area contributed by atoms with Crippen molar-refractivity contribution in [1.82, 2.24) is 9.78 Å². The number of allylic oxidation sites excluding steroid dienone is 1. The van der Waals surface area contributed by atoms with Gasteiger partial charge in [0.2, 0.25) is 0 Å². The number of rotatable bonds is 5. The van der Waals surface area contributed by atoms with Crippen LogP contribution in [0.4, 0.5) is 11.4 Å². The van der Waals surface area contributed by atoms with E-state index >= 15 is 0 Å². The molecule has 1 heterocycles. The molecule has 3 aromatic carbocycles. The topological polar surface area (TPSA) is 72.9 Å². The first-order chi connectivity index (χ1) is 16.2. The lowest BCUT2D eigenvalue weighted by Crippen LogP contribution is -2.15. The van der Waals surface area contributed by atoms with E-state index in [0.717, 1.165) is 16.8 Å². The number of aromatic nitrogens is 2. The number of nitrogens with one attached hydrogen (secondary N) is 1. The van der Waals surface area contributed by atoms with E-state index in [2.05, 4.69) is 10.4 Å². The first-order valence-corrected chi connectivity index (χ1v) is 11.5. The lowest BCUT2D eigenvalue weighted by molar-refractivity contribution is 0.102. The number of nitrogens with two attached hydrogens (primary N) is 1. The molecule has 0 atom stereocenters.